The zero-order valence-electron chi connectivity index (χ0n) is 11.6. The van der Waals surface area contributed by atoms with Gasteiger partial charge < -0.3 is 15.4 Å². The number of nitrogens with one attached hydrogen (secondary N) is 2. The molecule has 2 N–H and O–H groups in total. The Bertz CT molecular complexity index is 487. The van der Waals surface area contributed by atoms with Crippen LogP contribution in [0.25, 0.3) is 0 Å². The number of hydrogen-bond donors (Lipinski definition) is 2. The number of piperidine rings is 1. The molecule has 2 heterocycles. The summed E-state index contributed by atoms with van der Waals surface area (Å²) in [5.41, 5.74) is 0.644. The van der Waals surface area contributed by atoms with Crippen molar-refractivity contribution >= 4 is 18.3 Å². The fourth-order valence-electron chi connectivity index (χ4n) is 2.85. The first-order valence-electron chi connectivity index (χ1n) is 6.97. The molecule has 0 radical (unpaired) electrons. The summed E-state index contributed by atoms with van der Waals surface area (Å²) >= 11 is 0. The molecule has 3 rings (SSSR count). The number of ether oxygens (including phenoxy) is 1. The molecule has 1 saturated heterocycles. The second kappa shape index (κ2) is 6.02. The molecule has 1 amide bonds. The minimum Gasteiger partial charge on any atom is -0.491 e. The molecular weight excluding hydrogens is 276 g/mol. The van der Waals surface area contributed by atoms with Crippen molar-refractivity contribution in [1.82, 2.24) is 10.6 Å². The topological polar surface area (TPSA) is 50.4 Å². The number of carbonyl (C=O) groups is 1. The Morgan fingerprint density at radius 1 is 1.40 bits per heavy atom. The lowest BCUT2D eigenvalue weighted by Gasteiger charge is -2.34. The van der Waals surface area contributed by atoms with Crippen molar-refractivity contribution < 1.29 is 9.53 Å². The van der Waals surface area contributed by atoms with Gasteiger partial charge in [-0.2, -0.15) is 0 Å². The monoisotopic (exact) mass is 296 g/mol. The largest absolute Gasteiger partial charge is 0.491 e. The molecule has 4 nitrogen and oxygen atoms in total. The van der Waals surface area contributed by atoms with Gasteiger partial charge in [0.05, 0.1) is 11.6 Å². The van der Waals surface area contributed by atoms with Gasteiger partial charge in [-0.15, -0.1) is 12.4 Å². The number of halogens is 1. The fraction of sp³-hybridized carbons (Fsp3) is 0.533. The summed E-state index contributed by atoms with van der Waals surface area (Å²) in [5.74, 6) is 0.965. The Labute approximate surface area is 125 Å². The Morgan fingerprint density at radius 3 is 2.95 bits per heavy atom. The molecule has 20 heavy (non-hydrogen) atoms. The summed E-state index contributed by atoms with van der Waals surface area (Å²) < 4.78 is 5.60. The Hall–Kier alpha value is -1.26. The van der Waals surface area contributed by atoms with Crippen LogP contribution in [-0.2, 0) is 4.79 Å². The highest BCUT2D eigenvalue weighted by atomic mass is 35.5. The predicted molar refractivity (Wildman–Crippen MR) is 80.3 cm³/mol. The van der Waals surface area contributed by atoms with E-state index in [1.54, 1.807) is 0 Å². The summed E-state index contributed by atoms with van der Waals surface area (Å²) in [6.07, 6.45) is 3.15. The summed E-state index contributed by atoms with van der Waals surface area (Å²) in [4.78, 5) is 12.5. The molecule has 5 heteroatoms. The van der Waals surface area contributed by atoms with Crippen molar-refractivity contribution in [2.24, 2.45) is 0 Å². The lowest BCUT2D eigenvalue weighted by Crippen LogP contribution is -2.57. The SMILES string of the molecule is CC1(C(=O)NC2COc3ccccc32)CCCCN1.Cl. The van der Waals surface area contributed by atoms with Crippen LogP contribution in [-0.4, -0.2) is 24.6 Å². The molecule has 1 aromatic rings. The second-order valence-corrected chi connectivity index (χ2v) is 5.59. The third kappa shape index (κ3) is 2.76. The standard InChI is InChI=1S/C15H20N2O2.ClH/c1-15(8-4-5-9-16-15)14(18)17-12-10-19-13-7-3-2-6-11(12)13;/h2-3,6-7,12,16H,4-5,8-10H2,1H3,(H,17,18);1H. The maximum atomic E-state index is 12.5. The Morgan fingerprint density at radius 2 is 2.20 bits per heavy atom. The number of hydrogen-bond acceptors (Lipinski definition) is 3. The van der Waals surface area contributed by atoms with E-state index in [2.05, 4.69) is 10.6 Å². The third-order valence-corrected chi connectivity index (χ3v) is 4.13. The minimum absolute atomic E-state index is 0. The maximum Gasteiger partial charge on any atom is 0.240 e. The van der Waals surface area contributed by atoms with E-state index in [0.717, 1.165) is 37.1 Å². The van der Waals surface area contributed by atoms with Crippen molar-refractivity contribution in [1.29, 1.82) is 0 Å². The maximum absolute atomic E-state index is 12.5. The van der Waals surface area contributed by atoms with E-state index in [0.29, 0.717) is 6.61 Å². The first kappa shape index (κ1) is 15.1. The van der Waals surface area contributed by atoms with Gasteiger partial charge in [0.25, 0.3) is 0 Å². The zero-order valence-corrected chi connectivity index (χ0v) is 12.5. The number of rotatable bonds is 2. The summed E-state index contributed by atoms with van der Waals surface area (Å²) in [7, 11) is 0. The highest BCUT2D eigenvalue weighted by Gasteiger charge is 2.36. The molecule has 0 saturated carbocycles. The molecule has 1 aromatic carbocycles. The first-order valence-corrected chi connectivity index (χ1v) is 6.97. The van der Waals surface area contributed by atoms with Crippen LogP contribution in [0.2, 0.25) is 0 Å². The van der Waals surface area contributed by atoms with E-state index < -0.39 is 5.54 Å². The normalized spacial score (nSPS) is 27.9. The van der Waals surface area contributed by atoms with Gasteiger partial charge in [-0.25, -0.2) is 0 Å². The summed E-state index contributed by atoms with van der Waals surface area (Å²) in [5, 5.41) is 6.46. The highest BCUT2D eigenvalue weighted by Crippen LogP contribution is 2.32. The molecular formula is C15H21ClN2O2. The fourth-order valence-corrected chi connectivity index (χ4v) is 2.85. The van der Waals surface area contributed by atoms with Crippen molar-refractivity contribution in [2.75, 3.05) is 13.2 Å². The van der Waals surface area contributed by atoms with Crippen LogP contribution < -0.4 is 15.4 Å². The van der Waals surface area contributed by atoms with Crippen molar-refractivity contribution in [3.05, 3.63) is 29.8 Å². The molecule has 0 aromatic heterocycles. The van der Waals surface area contributed by atoms with Crippen LogP contribution in [0.1, 0.15) is 37.8 Å². The number of para-hydroxylation sites is 1. The molecule has 1 fully saturated rings. The zero-order chi connectivity index (χ0) is 13.3. The van der Waals surface area contributed by atoms with Gasteiger partial charge in [-0.3, -0.25) is 4.79 Å². The van der Waals surface area contributed by atoms with Crippen LogP contribution in [0.4, 0.5) is 0 Å². The van der Waals surface area contributed by atoms with Crippen LogP contribution in [0.15, 0.2) is 24.3 Å². The molecule has 0 bridgehead atoms. The van der Waals surface area contributed by atoms with E-state index in [1.165, 1.54) is 0 Å². The Kier molecular flexibility index (Phi) is 4.55. The van der Waals surface area contributed by atoms with Crippen molar-refractivity contribution in [3.8, 4) is 5.75 Å². The average molecular weight is 297 g/mol. The van der Waals surface area contributed by atoms with Crippen LogP contribution in [0.3, 0.4) is 0 Å². The Balaban J connectivity index is 0.00000147. The van der Waals surface area contributed by atoms with Crippen LogP contribution in [0, 0.1) is 0 Å². The highest BCUT2D eigenvalue weighted by molar-refractivity contribution is 5.86. The smallest absolute Gasteiger partial charge is 0.240 e. The lowest BCUT2D eigenvalue weighted by atomic mass is 9.89. The van der Waals surface area contributed by atoms with E-state index in [1.807, 2.05) is 31.2 Å². The number of benzene rings is 1. The molecule has 2 unspecified atom stereocenters. The van der Waals surface area contributed by atoms with E-state index in [9.17, 15) is 4.79 Å². The first-order chi connectivity index (χ1) is 9.19. The van der Waals surface area contributed by atoms with Gasteiger partial charge in [0.15, 0.2) is 0 Å². The van der Waals surface area contributed by atoms with Crippen molar-refractivity contribution in [2.45, 2.75) is 37.8 Å². The van der Waals surface area contributed by atoms with Gasteiger partial charge in [0.2, 0.25) is 5.91 Å². The number of carbonyl (C=O) groups excluding carboxylic acids is 1. The van der Waals surface area contributed by atoms with E-state index in [-0.39, 0.29) is 24.4 Å². The minimum atomic E-state index is -0.435. The summed E-state index contributed by atoms with van der Waals surface area (Å²) in [6.45, 7) is 3.44. The van der Waals surface area contributed by atoms with Crippen LogP contribution >= 0.6 is 12.4 Å². The molecule has 2 atom stereocenters. The molecule has 110 valence electrons. The predicted octanol–water partition coefficient (Wildman–Crippen LogP) is 2.19. The van der Waals surface area contributed by atoms with Gasteiger partial charge in [-0.1, -0.05) is 18.2 Å². The van der Waals surface area contributed by atoms with Gasteiger partial charge >= 0.3 is 0 Å². The second-order valence-electron chi connectivity index (χ2n) is 5.59. The average Bonchev–Trinajstić information content (AvgIpc) is 2.83. The molecule has 2 aliphatic heterocycles. The molecule has 2 aliphatic rings. The van der Waals surface area contributed by atoms with Crippen LogP contribution in [0.5, 0.6) is 5.75 Å². The van der Waals surface area contributed by atoms with E-state index in [4.69, 9.17) is 4.74 Å². The van der Waals surface area contributed by atoms with Gasteiger partial charge in [0, 0.05) is 5.56 Å². The quantitative estimate of drug-likeness (QED) is 0.879. The summed E-state index contributed by atoms with van der Waals surface area (Å²) in [6, 6.07) is 7.87. The van der Waals surface area contributed by atoms with Gasteiger partial charge in [0.1, 0.15) is 12.4 Å². The number of fused-ring (bicyclic) bond motifs is 1. The van der Waals surface area contributed by atoms with Crippen molar-refractivity contribution in [3.63, 3.8) is 0 Å². The lowest BCUT2D eigenvalue weighted by molar-refractivity contribution is -0.128. The number of amides is 1. The third-order valence-electron chi connectivity index (χ3n) is 4.13. The molecule has 0 aliphatic carbocycles. The molecule has 0 spiro atoms. The van der Waals surface area contributed by atoms with E-state index >= 15 is 0 Å². The van der Waals surface area contributed by atoms with Gasteiger partial charge in [-0.05, 0) is 38.8 Å².